The quantitative estimate of drug-likeness (QED) is 0.593. The number of aliphatic imine (C=N–C) groups is 1. The van der Waals surface area contributed by atoms with E-state index in [0.717, 1.165) is 37.0 Å². The van der Waals surface area contributed by atoms with E-state index in [4.69, 9.17) is 4.74 Å². The minimum Gasteiger partial charge on any atom is -0.494 e. The number of hydrogen-bond acceptors (Lipinski definition) is 2. The molecular formula is C22H25F2NO. The van der Waals surface area contributed by atoms with Crippen molar-refractivity contribution in [2.24, 2.45) is 4.99 Å². The van der Waals surface area contributed by atoms with Crippen molar-refractivity contribution < 1.29 is 13.5 Å². The molecule has 1 aliphatic heterocycles. The lowest BCUT2D eigenvalue weighted by atomic mass is 9.99. The Kier molecular flexibility index (Phi) is 6.02. The second-order valence-electron chi connectivity index (χ2n) is 6.64. The normalized spacial score (nSPS) is 16.6. The molecule has 138 valence electrons. The number of aryl methyl sites for hydroxylation is 1. The largest absolute Gasteiger partial charge is 0.494 e. The number of ether oxygens (including phenoxy) is 1. The van der Waals surface area contributed by atoms with E-state index in [-0.39, 0.29) is 11.6 Å². The van der Waals surface area contributed by atoms with Gasteiger partial charge in [0.2, 0.25) is 0 Å². The van der Waals surface area contributed by atoms with Gasteiger partial charge in [0.25, 0.3) is 0 Å². The summed E-state index contributed by atoms with van der Waals surface area (Å²) in [5, 5.41) is 0. The van der Waals surface area contributed by atoms with Crippen LogP contribution in [0.5, 0.6) is 5.75 Å². The third-order valence-corrected chi connectivity index (χ3v) is 4.77. The Morgan fingerprint density at radius 3 is 2.58 bits per heavy atom. The highest BCUT2D eigenvalue weighted by molar-refractivity contribution is 6.02. The Balaban J connectivity index is 1.90. The molecule has 2 aromatic carbocycles. The van der Waals surface area contributed by atoms with E-state index < -0.39 is 11.6 Å². The van der Waals surface area contributed by atoms with Gasteiger partial charge in [0, 0.05) is 11.3 Å². The van der Waals surface area contributed by atoms with Gasteiger partial charge in [-0.05, 0) is 56.4 Å². The fourth-order valence-corrected chi connectivity index (χ4v) is 3.45. The third kappa shape index (κ3) is 3.95. The average molecular weight is 357 g/mol. The van der Waals surface area contributed by atoms with Gasteiger partial charge in [-0.2, -0.15) is 0 Å². The number of hydrogen-bond donors (Lipinski definition) is 0. The van der Waals surface area contributed by atoms with Gasteiger partial charge in [-0.1, -0.05) is 31.5 Å². The van der Waals surface area contributed by atoms with Crippen LogP contribution in [0.2, 0.25) is 0 Å². The maximum absolute atomic E-state index is 14.1. The van der Waals surface area contributed by atoms with Crippen molar-refractivity contribution in [2.45, 2.75) is 52.0 Å². The van der Waals surface area contributed by atoms with E-state index >= 15 is 0 Å². The first-order chi connectivity index (χ1) is 12.6. The molecule has 2 nitrogen and oxygen atoms in total. The minimum absolute atomic E-state index is 0.00697. The van der Waals surface area contributed by atoms with Crippen molar-refractivity contribution in [1.82, 2.24) is 0 Å². The lowest BCUT2D eigenvalue weighted by Gasteiger charge is -2.15. The van der Waals surface area contributed by atoms with Crippen LogP contribution in [0.4, 0.5) is 8.78 Å². The highest BCUT2D eigenvalue weighted by atomic mass is 19.1. The predicted molar refractivity (Wildman–Crippen MR) is 101 cm³/mol. The van der Waals surface area contributed by atoms with Crippen molar-refractivity contribution >= 4 is 5.71 Å². The van der Waals surface area contributed by atoms with E-state index in [1.54, 1.807) is 0 Å². The van der Waals surface area contributed by atoms with Crippen LogP contribution in [-0.4, -0.2) is 12.3 Å². The molecule has 3 rings (SSSR count). The summed E-state index contributed by atoms with van der Waals surface area (Å²) < 4.78 is 34.0. The highest BCUT2D eigenvalue weighted by Gasteiger charge is 2.26. The van der Waals surface area contributed by atoms with Gasteiger partial charge in [-0.15, -0.1) is 0 Å². The van der Waals surface area contributed by atoms with Crippen molar-refractivity contribution in [2.75, 3.05) is 6.61 Å². The number of rotatable bonds is 7. The summed E-state index contributed by atoms with van der Waals surface area (Å²) in [6, 6.07) is 10.1. The van der Waals surface area contributed by atoms with Crippen LogP contribution in [0.1, 0.15) is 62.3 Å². The van der Waals surface area contributed by atoms with Gasteiger partial charge >= 0.3 is 0 Å². The molecule has 2 aromatic rings. The molecule has 4 heteroatoms. The van der Waals surface area contributed by atoms with Crippen molar-refractivity contribution in [3.8, 4) is 5.75 Å². The van der Waals surface area contributed by atoms with Crippen molar-refractivity contribution in [3.05, 3.63) is 64.7 Å². The molecular weight excluding hydrogens is 332 g/mol. The number of halogens is 2. The number of unbranched alkanes of at least 4 members (excludes halogenated alkanes) is 1. The Labute approximate surface area is 153 Å². The summed E-state index contributed by atoms with van der Waals surface area (Å²) in [5.74, 6) is -0.265. The zero-order valence-corrected chi connectivity index (χ0v) is 15.4. The minimum atomic E-state index is -0.552. The molecule has 0 aromatic heterocycles. The van der Waals surface area contributed by atoms with Crippen molar-refractivity contribution in [3.63, 3.8) is 0 Å². The van der Waals surface area contributed by atoms with E-state index in [0.29, 0.717) is 18.7 Å². The van der Waals surface area contributed by atoms with Crippen LogP contribution in [0.25, 0.3) is 0 Å². The lowest BCUT2D eigenvalue weighted by Crippen LogP contribution is -2.03. The van der Waals surface area contributed by atoms with Crippen LogP contribution in [0.15, 0.2) is 41.4 Å². The molecule has 0 aliphatic carbocycles. The zero-order chi connectivity index (χ0) is 18.5. The van der Waals surface area contributed by atoms with Gasteiger partial charge < -0.3 is 4.74 Å². The Hall–Kier alpha value is -2.23. The summed E-state index contributed by atoms with van der Waals surface area (Å²) in [5.41, 5.74) is 2.76. The number of benzene rings is 2. The van der Waals surface area contributed by atoms with Crippen LogP contribution in [0, 0.1) is 11.6 Å². The second-order valence-corrected chi connectivity index (χ2v) is 6.64. The standard InChI is InChI=1S/C22H25F2NO/c1-3-5-7-15-10-11-16(21(14-15)26-4-2)19-12-13-20(25-19)22-17(23)8-6-9-18(22)24/h6,8-11,14,19H,3-5,7,12-13H2,1-2H3/t19-/m1/s1. The Bertz CT molecular complexity index is 780. The van der Waals surface area contributed by atoms with Gasteiger partial charge in [-0.3, -0.25) is 4.99 Å². The highest BCUT2D eigenvalue weighted by Crippen LogP contribution is 2.37. The summed E-state index contributed by atoms with van der Waals surface area (Å²) >= 11 is 0. The fourth-order valence-electron chi connectivity index (χ4n) is 3.45. The van der Waals surface area contributed by atoms with Crippen LogP contribution in [0.3, 0.4) is 0 Å². The first kappa shape index (κ1) is 18.6. The maximum atomic E-state index is 14.1. The van der Waals surface area contributed by atoms with E-state index in [2.05, 4.69) is 30.1 Å². The zero-order valence-electron chi connectivity index (χ0n) is 15.4. The molecule has 0 spiro atoms. The fraction of sp³-hybridized carbons (Fsp3) is 0.409. The van der Waals surface area contributed by atoms with Crippen LogP contribution >= 0.6 is 0 Å². The molecule has 0 fully saturated rings. The monoisotopic (exact) mass is 357 g/mol. The van der Waals surface area contributed by atoms with Crippen molar-refractivity contribution in [1.29, 1.82) is 0 Å². The second kappa shape index (κ2) is 8.43. The molecule has 0 amide bonds. The molecule has 0 saturated heterocycles. The van der Waals surface area contributed by atoms with E-state index in [9.17, 15) is 8.78 Å². The first-order valence-electron chi connectivity index (χ1n) is 9.40. The molecule has 0 saturated carbocycles. The Morgan fingerprint density at radius 1 is 1.12 bits per heavy atom. The summed E-state index contributed by atoms with van der Waals surface area (Å²) in [7, 11) is 0. The smallest absolute Gasteiger partial charge is 0.135 e. The SMILES string of the molecule is CCCCc1ccc([C@H]2CCC(c3c(F)cccc3F)=N2)c(OCC)c1. The predicted octanol–water partition coefficient (Wildman–Crippen LogP) is 6.03. The number of nitrogens with zero attached hydrogens (tertiary/aromatic N) is 1. The molecule has 1 heterocycles. The first-order valence-corrected chi connectivity index (χ1v) is 9.40. The third-order valence-electron chi connectivity index (χ3n) is 4.77. The summed E-state index contributed by atoms with van der Waals surface area (Å²) in [6.45, 7) is 4.71. The molecule has 0 N–H and O–H groups in total. The summed E-state index contributed by atoms with van der Waals surface area (Å²) in [6.07, 6.45) is 4.61. The van der Waals surface area contributed by atoms with Gasteiger partial charge in [0.05, 0.1) is 18.2 Å². The average Bonchev–Trinajstić information content (AvgIpc) is 3.09. The summed E-state index contributed by atoms with van der Waals surface area (Å²) in [4.78, 5) is 4.64. The van der Waals surface area contributed by atoms with Gasteiger partial charge in [0.15, 0.2) is 0 Å². The molecule has 1 atom stereocenters. The van der Waals surface area contributed by atoms with Gasteiger partial charge in [-0.25, -0.2) is 8.78 Å². The van der Waals surface area contributed by atoms with Crippen LogP contribution < -0.4 is 4.74 Å². The Morgan fingerprint density at radius 2 is 1.88 bits per heavy atom. The van der Waals surface area contributed by atoms with Gasteiger partial charge in [0.1, 0.15) is 17.4 Å². The maximum Gasteiger partial charge on any atom is 0.135 e. The molecule has 0 unspecified atom stereocenters. The molecule has 26 heavy (non-hydrogen) atoms. The van der Waals surface area contributed by atoms with E-state index in [1.807, 2.05) is 6.92 Å². The molecule has 1 aliphatic rings. The van der Waals surface area contributed by atoms with Crippen LogP contribution in [-0.2, 0) is 6.42 Å². The lowest BCUT2D eigenvalue weighted by molar-refractivity contribution is 0.333. The molecule has 0 radical (unpaired) electrons. The molecule has 0 bridgehead atoms. The topological polar surface area (TPSA) is 21.6 Å². The van der Waals surface area contributed by atoms with E-state index in [1.165, 1.54) is 23.8 Å².